The molecule has 2 aromatic rings. The van der Waals surface area contributed by atoms with Gasteiger partial charge in [0.05, 0.1) is 18.9 Å². The minimum atomic E-state index is -0.316. The second-order valence-electron chi connectivity index (χ2n) is 4.61. The van der Waals surface area contributed by atoms with E-state index in [1.165, 1.54) is 0 Å². The lowest BCUT2D eigenvalue weighted by atomic mass is 10.0. The van der Waals surface area contributed by atoms with Gasteiger partial charge in [-0.05, 0) is 30.7 Å². The summed E-state index contributed by atoms with van der Waals surface area (Å²) in [6.07, 6.45) is -0.316. The van der Waals surface area contributed by atoms with Crippen molar-refractivity contribution >= 4 is 27.5 Å². The first-order valence-electron chi connectivity index (χ1n) is 6.31. The summed E-state index contributed by atoms with van der Waals surface area (Å²) < 4.78 is 12.1. The van der Waals surface area contributed by atoms with Crippen LogP contribution in [0.2, 0.25) is 5.15 Å². The summed E-state index contributed by atoms with van der Waals surface area (Å²) >= 11 is 9.53. The highest BCUT2D eigenvalue weighted by atomic mass is 79.9. The molecule has 1 fully saturated rings. The molecule has 104 valence electrons. The molecule has 0 radical (unpaired) electrons. The third kappa shape index (κ3) is 2.74. The minimum absolute atomic E-state index is 0.316. The highest BCUT2D eigenvalue weighted by molar-refractivity contribution is 9.10. The van der Waals surface area contributed by atoms with Gasteiger partial charge in [-0.15, -0.1) is 0 Å². The first-order valence-corrected chi connectivity index (χ1v) is 7.48. The monoisotopic (exact) mass is 353 g/mol. The van der Waals surface area contributed by atoms with Gasteiger partial charge in [-0.1, -0.05) is 39.7 Å². The molecule has 0 atom stereocenters. The molecule has 1 aliphatic heterocycles. The summed E-state index contributed by atoms with van der Waals surface area (Å²) in [6, 6.07) is 9.79. The Morgan fingerprint density at radius 3 is 2.70 bits per heavy atom. The molecule has 3 nitrogen and oxygen atoms in total. The third-order valence-electron chi connectivity index (χ3n) is 3.21. The van der Waals surface area contributed by atoms with Crippen LogP contribution in [0.5, 0.6) is 0 Å². The molecule has 1 aromatic heterocycles. The molecule has 1 aliphatic rings. The van der Waals surface area contributed by atoms with Crippen LogP contribution in [-0.2, 0) is 9.47 Å². The van der Waals surface area contributed by atoms with E-state index in [1.807, 2.05) is 31.2 Å². The Morgan fingerprint density at radius 2 is 1.95 bits per heavy atom. The number of hydrogen-bond acceptors (Lipinski definition) is 3. The highest BCUT2D eigenvalue weighted by Crippen LogP contribution is 2.34. The van der Waals surface area contributed by atoms with Gasteiger partial charge in [0, 0.05) is 15.6 Å². The maximum absolute atomic E-state index is 6.00. The van der Waals surface area contributed by atoms with Crippen molar-refractivity contribution in [3.8, 4) is 11.3 Å². The fraction of sp³-hybridized carbons (Fsp3) is 0.267. The van der Waals surface area contributed by atoms with Crippen LogP contribution in [0.25, 0.3) is 11.3 Å². The maximum Gasteiger partial charge on any atom is 0.185 e. The van der Waals surface area contributed by atoms with Crippen LogP contribution < -0.4 is 0 Å². The van der Waals surface area contributed by atoms with E-state index in [2.05, 4.69) is 20.9 Å². The first kappa shape index (κ1) is 14.0. The maximum atomic E-state index is 6.00. The number of benzene rings is 1. The number of pyridine rings is 1. The lowest BCUT2D eigenvalue weighted by Crippen LogP contribution is -2.00. The van der Waals surface area contributed by atoms with Crippen LogP contribution in [0.15, 0.2) is 34.8 Å². The van der Waals surface area contributed by atoms with Crippen molar-refractivity contribution in [2.45, 2.75) is 13.2 Å². The van der Waals surface area contributed by atoms with Crippen molar-refractivity contribution in [3.05, 3.63) is 51.1 Å². The van der Waals surface area contributed by atoms with Crippen molar-refractivity contribution in [2.75, 3.05) is 13.2 Å². The lowest BCUT2D eigenvalue weighted by Gasteiger charge is -2.14. The standard InChI is InChI=1S/C15H13BrClNO2/c1-9-2-5-13(17)18-14(9)10-3-4-12(16)11(8-10)15-19-6-7-20-15/h2-5,8,15H,6-7H2,1H3. The topological polar surface area (TPSA) is 31.4 Å². The zero-order valence-corrected chi connectivity index (χ0v) is 13.2. The summed E-state index contributed by atoms with van der Waals surface area (Å²) in [5.74, 6) is 0. The van der Waals surface area contributed by atoms with Crippen molar-refractivity contribution in [1.29, 1.82) is 0 Å². The lowest BCUT2D eigenvalue weighted by molar-refractivity contribution is -0.0446. The van der Waals surface area contributed by atoms with Crippen molar-refractivity contribution in [2.24, 2.45) is 0 Å². The summed E-state index contributed by atoms with van der Waals surface area (Å²) in [4.78, 5) is 4.41. The number of aryl methyl sites for hydroxylation is 1. The van der Waals surface area contributed by atoms with Gasteiger partial charge in [0.2, 0.25) is 0 Å². The van der Waals surface area contributed by atoms with E-state index >= 15 is 0 Å². The van der Waals surface area contributed by atoms with E-state index in [1.54, 1.807) is 6.07 Å². The smallest absolute Gasteiger partial charge is 0.185 e. The Hall–Kier alpha value is -0.940. The van der Waals surface area contributed by atoms with E-state index in [4.69, 9.17) is 21.1 Å². The van der Waals surface area contributed by atoms with Crippen LogP contribution in [0.1, 0.15) is 17.4 Å². The summed E-state index contributed by atoms with van der Waals surface area (Å²) in [7, 11) is 0. The highest BCUT2D eigenvalue weighted by Gasteiger charge is 2.21. The Kier molecular flexibility index (Phi) is 4.08. The molecule has 20 heavy (non-hydrogen) atoms. The molecule has 0 aliphatic carbocycles. The number of ether oxygens (including phenoxy) is 2. The third-order valence-corrected chi connectivity index (χ3v) is 4.14. The van der Waals surface area contributed by atoms with Gasteiger partial charge < -0.3 is 9.47 Å². The van der Waals surface area contributed by atoms with Crippen molar-refractivity contribution in [1.82, 2.24) is 4.98 Å². The van der Waals surface area contributed by atoms with Gasteiger partial charge in [0.1, 0.15) is 5.15 Å². The van der Waals surface area contributed by atoms with E-state index in [0.29, 0.717) is 18.4 Å². The average Bonchev–Trinajstić information content (AvgIpc) is 2.96. The fourth-order valence-corrected chi connectivity index (χ4v) is 2.79. The van der Waals surface area contributed by atoms with Crippen LogP contribution in [0, 0.1) is 6.92 Å². The molecule has 1 aromatic carbocycles. The van der Waals surface area contributed by atoms with Crippen LogP contribution in [0.3, 0.4) is 0 Å². The van der Waals surface area contributed by atoms with E-state index in [9.17, 15) is 0 Å². The SMILES string of the molecule is Cc1ccc(Cl)nc1-c1ccc(Br)c(C2OCCO2)c1. The van der Waals surface area contributed by atoms with Gasteiger partial charge in [-0.25, -0.2) is 4.98 Å². The minimum Gasteiger partial charge on any atom is -0.346 e. The average molecular weight is 355 g/mol. The second-order valence-corrected chi connectivity index (χ2v) is 5.85. The Morgan fingerprint density at radius 1 is 1.20 bits per heavy atom. The van der Waals surface area contributed by atoms with Crippen molar-refractivity contribution in [3.63, 3.8) is 0 Å². The molecule has 0 saturated carbocycles. The second kappa shape index (κ2) is 5.82. The van der Waals surface area contributed by atoms with Gasteiger partial charge in [0.15, 0.2) is 6.29 Å². The summed E-state index contributed by atoms with van der Waals surface area (Å²) in [5.41, 5.74) is 3.93. The molecule has 3 rings (SSSR count). The zero-order chi connectivity index (χ0) is 14.1. The molecule has 0 unspecified atom stereocenters. The van der Waals surface area contributed by atoms with Gasteiger partial charge in [-0.3, -0.25) is 0 Å². The molecule has 0 N–H and O–H groups in total. The molecule has 1 saturated heterocycles. The van der Waals surface area contributed by atoms with E-state index in [0.717, 1.165) is 26.9 Å². The molecule has 5 heteroatoms. The predicted octanol–water partition coefficient (Wildman–Crippen LogP) is 4.52. The largest absolute Gasteiger partial charge is 0.346 e. The Bertz CT molecular complexity index is 642. The fourth-order valence-electron chi connectivity index (χ4n) is 2.21. The van der Waals surface area contributed by atoms with Gasteiger partial charge in [0.25, 0.3) is 0 Å². The van der Waals surface area contributed by atoms with Crippen LogP contribution in [0.4, 0.5) is 0 Å². The van der Waals surface area contributed by atoms with Gasteiger partial charge in [-0.2, -0.15) is 0 Å². The van der Waals surface area contributed by atoms with E-state index < -0.39 is 0 Å². The molecular weight excluding hydrogens is 342 g/mol. The molecule has 0 bridgehead atoms. The quantitative estimate of drug-likeness (QED) is 0.743. The number of nitrogens with zero attached hydrogens (tertiary/aromatic N) is 1. The molecule has 2 heterocycles. The van der Waals surface area contributed by atoms with Crippen LogP contribution >= 0.6 is 27.5 Å². The van der Waals surface area contributed by atoms with Crippen LogP contribution in [-0.4, -0.2) is 18.2 Å². The Balaban J connectivity index is 2.06. The number of halogens is 2. The molecule has 0 spiro atoms. The Labute approximate surface area is 131 Å². The van der Waals surface area contributed by atoms with E-state index in [-0.39, 0.29) is 6.29 Å². The van der Waals surface area contributed by atoms with Crippen molar-refractivity contribution < 1.29 is 9.47 Å². The zero-order valence-electron chi connectivity index (χ0n) is 10.9. The summed E-state index contributed by atoms with van der Waals surface area (Å²) in [6.45, 7) is 3.26. The molecular formula is C15H13BrClNO2. The number of aromatic nitrogens is 1. The molecule has 0 amide bonds. The summed E-state index contributed by atoms with van der Waals surface area (Å²) in [5, 5.41) is 0.489. The predicted molar refractivity (Wildman–Crippen MR) is 81.8 cm³/mol. The number of rotatable bonds is 2. The normalized spacial score (nSPS) is 15.8. The number of hydrogen-bond donors (Lipinski definition) is 0. The van der Waals surface area contributed by atoms with Gasteiger partial charge >= 0.3 is 0 Å². The first-order chi connectivity index (χ1) is 9.65.